The number of aromatic nitrogens is 3. The maximum atomic E-state index is 5.85. The van der Waals surface area contributed by atoms with Crippen molar-refractivity contribution >= 4 is 0 Å². The first kappa shape index (κ1) is 14.8. The molecule has 0 aliphatic carbocycles. The minimum absolute atomic E-state index is 0.327. The maximum absolute atomic E-state index is 5.85. The van der Waals surface area contributed by atoms with Gasteiger partial charge in [-0.1, -0.05) is 12.5 Å². The fraction of sp³-hybridized carbons (Fsp3) is 0.556. The lowest BCUT2D eigenvalue weighted by Crippen LogP contribution is -2.44. The Balaban J connectivity index is 1.64. The third kappa shape index (κ3) is 2.91. The third-order valence-electron chi connectivity index (χ3n) is 5.02. The normalized spacial score (nSPS) is 25.8. The molecule has 0 N–H and O–H groups in total. The molecule has 2 saturated heterocycles. The predicted octanol–water partition coefficient (Wildman–Crippen LogP) is 2.68. The highest BCUT2D eigenvalue weighted by atomic mass is 16.5. The molecule has 0 bridgehead atoms. The van der Waals surface area contributed by atoms with Crippen LogP contribution in [0.3, 0.4) is 0 Å². The number of piperidine rings is 1. The van der Waals surface area contributed by atoms with Crippen molar-refractivity contribution in [2.45, 2.75) is 38.3 Å². The molecule has 2 aromatic rings. The van der Waals surface area contributed by atoms with Crippen molar-refractivity contribution in [1.29, 1.82) is 0 Å². The molecule has 0 spiro atoms. The number of hydrogen-bond donors (Lipinski definition) is 0. The average molecular weight is 312 g/mol. The highest BCUT2D eigenvalue weighted by Crippen LogP contribution is 2.30. The maximum Gasteiger partial charge on any atom is 0.159 e. The molecular formula is C18H24N4O. The van der Waals surface area contributed by atoms with Crippen LogP contribution >= 0.6 is 0 Å². The third-order valence-corrected chi connectivity index (χ3v) is 5.02. The molecule has 0 amide bonds. The predicted molar refractivity (Wildman–Crippen MR) is 89.3 cm³/mol. The second kappa shape index (κ2) is 6.42. The van der Waals surface area contributed by atoms with Crippen LogP contribution in [0.4, 0.5) is 0 Å². The number of hydrogen-bond acceptors (Lipinski definition) is 4. The summed E-state index contributed by atoms with van der Waals surface area (Å²) in [5.74, 6) is 0.950. The fourth-order valence-corrected chi connectivity index (χ4v) is 3.84. The summed E-state index contributed by atoms with van der Waals surface area (Å²) in [4.78, 5) is 11.8. The summed E-state index contributed by atoms with van der Waals surface area (Å²) in [6, 6.07) is 6.88. The minimum atomic E-state index is 0.327. The van der Waals surface area contributed by atoms with Crippen molar-refractivity contribution in [2.75, 3.05) is 26.3 Å². The van der Waals surface area contributed by atoms with Gasteiger partial charge in [-0.25, -0.2) is 9.97 Å². The standard InChI is InChI=1S/C18H24N4O/c1-14-6-5-7-15(20-14)18-19-8-11-22(18)17-13-23-12-16(17)21-9-3-2-4-10-21/h5-8,11,16-17H,2-4,9-10,12-13H2,1H3/t16-,17-/m1/s1. The smallest absolute Gasteiger partial charge is 0.159 e. The number of rotatable bonds is 3. The minimum Gasteiger partial charge on any atom is -0.378 e. The zero-order chi connectivity index (χ0) is 15.6. The summed E-state index contributed by atoms with van der Waals surface area (Å²) in [5, 5.41) is 0. The topological polar surface area (TPSA) is 43.2 Å². The van der Waals surface area contributed by atoms with E-state index in [4.69, 9.17) is 4.74 Å². The summed E-state index contributed by atoms with van der Waals surface area (Å²) in [6.45, 7) is 5.99. The number of likely N-dealkylation sites (tertiary alicyclic amines) is 1. The second-order valence-electron chi connectivity index (χ2n) is 6.59. The fourth-order valence-electron chi connectivity index (χ4n) is 3.84. The summed E-state index contributed by atoms with van der Waals surface area (Å²) in [7, 11) is 0. The Labute approximate surface area is 137 Å². The first-order valence-electron chi connectivity index (χ1n) is 8.61. The molecule has 0 radical (unpaired) electrons. The lowest BCUT2D eigenvalue weighted by molar-refractivity contribution is 0.122. The zero-order valence-electron chi connectivity index (χ0n) is 13.7. The lowest BCUT2D eigenvalue weighted by atomic mass is 10.0. The molecule has 2 fully saturated rings. The van der Waals surface area contributed by atoms with Crippen molar-refractivity contribution in [2.24, 2.45) is 0 Å². The zero-order valence-corrected chi connectivity index (χ0v) is 13.7. The van der Waals surface area contributed by atoms with Crippen LogP contribution in [0.2, 0.25) is 0 Å². The van der Waals surface area contributed by atoms with E-state index in [1.165, 1.54) is 32.4 Å². The van der Waals surface area contributed by atoms with Crippen LogP contribution in [0.1, 0.15) is 31.0 Å². The van der Waals surface area contributed by atoms with Crippen molar-refractivity contribution in [3.05, 3.63) is 36.3 Å². The van der Waals surface area contributed by atoms with E-state index in [0.717, 1.165) is 30.4 Å². The van der Waals surface area contributed by atoms with Gasteiger partial charge in [-0.2, -0.15) is 0 Å². The molecule has 122 valence electrons. The largest absolute Gasteiger partial charge is 0.378 e. The van der Waals surface area contributed by atoms with E-state index in [-0.39, 0.29) is 0 Å². The highest BCUT2D eigenvalue weighted by Gasteiger charge is 2.35. The van der Waals surface area contributed by atoms with Gasteiger partial charge in [0.2, 0.25) is 0 Å². The van der Waals surface area contributed by atoms with Crippen molar-refractivity contribution in [3.8, 4) is 11.5 Å². The lowest BCUT2D eigenvalue weighted by Gasteiger charge is -2.35. The molecule has 5 heteroatoms. The Bertz CT molecular complexity index is 663. The van der Waals surface area contributed by atoms with Gasteiger partial charge in [0.1, 0.15) is 5.69 Å². The molecule has 0 aromatic carbocycles. The van der Waals surface area contributed by atoms with E-state index in [1.807, 2.05) is 31.3 Å². The van der Waals surface area contributed by atoms with Crippen molar-refractivity contribution in [1.82, 2.24) is 19.4 Å². The van der Waals surface area contributed by atoms with Gasteiger partial charge in [0.05, 0.1) is 25.3 Å². The molecule has 23 heavy (non-hydrogen) atoms. The van der Waals surface area contributed by atoms with Gasteiger partial charge in [-0.3, -0.25) is 4.90 Å². The molecule has 2 aliphatic rings. The first-order chi connectivity index (χ1) is 11.3. The highest BCUT2D eigenvalue weighted by molar-refractivity contribution is 5.50. The van der Waals surface area contributed by atoms with Crippen molar-refractivity contribution in [3.63, 3.8) is 0 Å². The van der Waals surface area contributed by atoms with E-state index in [1.54, 1.807) is 0 Å². The summed E-state index contributed by atoms with van der Waals surface area (Å²) in [6.07, 6.45) is 7.93. The summed E-state index contributed by atoms with van der Waals surface area (Å²) < 4.78 is 8.12. The van der Waals surface area contributed by atoms with E-state index >= 15 is 0 Å². The molecule has 0 saturated carbocycles. The Kier molecular flexibility index (Phi) is 4.14. The Hall–Kier alpha value is -1.72. The van der Waals surface area contributed by atoms with E-state index in [0.29, 0.717) is 12.1 Å². The number of nitrogens with zero attached hydrogens (tertiary/aromatic N) is 4. The Morgan fingerprint density at radius 2 is 1.91 bits per heavy atom. The Morgan fingerprint density at radius 3 is 2.74 bits per heavy atom. The van der Waals surface area contributed by atoms with Crippen LogP contribution in [0.5, 0.6) is 0 Å². The summed E-state index contributed by atoms with van der Waals surface area (Å²) in [5.41, 5.74) is 1.96. The quantitative estimate of drug-likeness (QED) is 0.874. The molecule has 0 unspecified atom stereocenters. The molecule has 4 heterocycles. The van der Waals surface area contributed by atoms with Gasteiger partial charge in [-0.15, -0.1) is 0 Å². The van der Waals surface area contributed by atoms with Crippen LogP contribution in [0, 0.1) is 6.92 Å². The van der Waals surface area contributed by atoms with Crippen LogP contribution in [-0.4, -0.2) is 51.8 Å². The van der Waals surface area contributed by atoms with Crippen LogP contribution < -0.4 is 0 Å². The SMILES string of the molecule is Cc1cccc(-c2nccn2[C@@H]2COC[C@H]2N2CCCCC2)n1. The first-order valence-corrected chi connectivity index (χ1v) is 8.61. The molecule has 2 aliphatic heterocycles. The number of imidazole rings is 1. The van der Waals surface area contributed by atoms with Gasteiger partial charge in [0, 0.05) is 18.1 Å². The molecule has 2 atom stereocenters. The van der Waals surface area contributed by atoms with Gasteiger partial charge in [0.25, 0.3) is 0 Å². The Morgan fingerprint density at radius 1 is 1.09 bits per heavy atom. The van der Waals surface area contributed by atoms with E-state index in [2.05, 4.69) is 25.6 Å². The number of aryl methyl sites for hydroxylation is 1. The second-order valence-corrected chi connectivity index (χ2v) is 6.59. The van der Waals surface area contributed by atoms with E-state index < -0.39 is 0 Å². The molecule has 2 aromatic heterocycles. The molecule has 4 rings (SSSR count). The molecular weight excluding hydrogens is 288 g/mol. The average Bonchev–Trinajstić information content (AvgIpc) is 3.24. The summed E-state index contributed by atoms with van der Waals surface area (Å²) >= 11 is 0. The van der Waals surface area contributed by atoms with Crippen molar-refractivity contribution < 1.29 is 4.74 Å². The van der Waals surface area contributed by atoms with Gasteiger partial charge in [-0.05, 0) is 45.0 Å². The van der Waals surface area contributed by atoms with Crippen LogP contribution in [0.15, 0.2) is 30.6 Å². The molecule has 5 nitrogen and oxygen atoms in total. The number of ether oxygens (including phenoxy) is 1. The van der Waals surface area contributed by atoms with Gasteiger partial charge in [0.15, 0.2) is 5.82 Å². The van der Waals surface area contributed by atoms with Gasteiger partial charge >= 0.3 is 0 Å². The monoisotopic (exact) mass is 312 g/mol. The van der Waals surface area contributed by atoms with Gasteiger partial charge < -0.3 is 9.30 Å². The van der Waals surface area contributed by atoms with Crippen LogP contribution in [0.25, 0.3) is 11.5 Å². The van der Waals surface area contributed by atoms with E-state index in [9.17, 15) is 0 Å². The van der Waals surface area contributed by atoms with Crippen LogP contribution in [-0.2, 0) is 4.74 Å². The number of pyridine rings is 1.